The molecule has 0 fully saturated rings. The Labute approximate surface area is 135 Å². The van der Waals surface area contributed by atoms with Crippen LogP contribution in [-0.4, -0.2) is 27.0 Å². The Hall–Kier alpha value is -1.87. The van der Waals surface area contributed by atoms with Gasteiger partial charge >= 0.3 is 0 Å². The van der Waals surface area contributed by atoms with Crippen LogP contribution in [0.2, 0.25) is 0 Å². The molecule has 1 rings (SSSR count). The number of rotatable bonds is 8. The van der Waals surface area contributed by atoms with Gasteiger partial charge in [0.05, 0.1) is 6.67 Å². The lowest BCUT2D eigenvalue weighted by Gasteiger charge is -2.12. The van der Waals surface area contributed by atoms with Crippen molar-refractivity contribution in [1.82, 2.24) is 10.6 Å². The van der Waals surface area contributed by atoms with E-state index >= 15 is 0 Å². The minimum atomic E-state index is 0.634. The molecule has 3 heteroatoms. The maximum absolute atomic E-state index is 4.33. The minimum absolute atomic E-state index is 0.634. The third kappa shape index (κ3) is 5.49. The van der Waals surface area contributed by atoms with E-state index in [2.05, 4.69) is 48.2 Å². The van der Waals surface area contributed by atoms with E-state index in [0.717, 1.165) is 11.1 Å². The quantitative estimate of drug-likeness (QED) is 0.527. The van der Waals surface area contributed by atoms with Crippen LogP contribution in [0, 0.1) is 0 Å². The maximum Gasteiger partial charge on any atom is 0.0882 e. The highest BCUT2D eigenvalue weighted by Gasteiger charge is 2.11. The third-order valence-electron chi connectivity index (χ3n) is 3.67. The first-order valence-electron chi connectivity index (χ1n) is 7.87. The Bertz CT molecular complexity index is 531. The Balaban J connectivity index is 3.22. The van der Waals surface area contributed by atoms with Crippen molar-refractivity contribution in [3.63, 3.8) is 0 Å². The zero-order chi connectivity index (χ0) is 16.4. The molecule has 0 spiro atoms. The van der Waals surface area contributed by atoms with Crippen LogP contribution in [0.15, 0.2) is 63.9 Å². The number of nitrogens with zero attached hydrogens (tertiary/aromatic N) is 1. The number of allylic oxidation sites excluding steroid dienone is 8. The van der Waals surface area contributed by atoms with Crippen molar-refractivity contribution in [3.05, 3.63) is 58.9 Å². The van der Waals surface area contributed by atoms with Gasteiger partial charge in [-0.25, -0.2) is 0 Å². The van der Waals surface area contributed by atoms with Gasteiger partial charge < -0.3 is 10.6 Å². The van der Waals surface area contributed by atoms with Crippen LogP contribution in [0.25, 0.3) is 0 Å². The summed E-state index contributed by atoms with van der Waals surface area (Å²) in [5, 5.41) is 6.12. The zero-order valence-electron chi connectivity index (χ0n) is 14.4. The predicted molar refractivity (Wildman–Crippen MR) is 98.1 cm³/mol. The Morgan fingerprint density at radius 1 is 1.36 bits per heavy atom. The molecule has 3 nitrogen and oxygen atoms in total. The molecule has 2 N–H and O–H groups in total. The predicted octanol–water partition coefficient (Wildman–Crippen LogP) is 3.90. The molecule has 0 saturated heterocycles. The van der Waals surface area contributed by atoms with E-state index in [9.17, 15) is 0 Å². The van der Waals surface area contributed by atoms with Gasteiger partial charge in [-0.05, 0) is 74.1 Å². The number of aliphatic imine (C=N–C) groups is 1. The van der Waals surface area contributed by atoms with E-state index in [1.807, 2.05) is 32.6 Å². The van der Waals surface area contributed by atoms with Crippen LogP contribution in [0.1, 0.15) is 33.1 Å². The molecule has 1 aliphatic carbocycles. The smallest absolute Gasteiger partial charge is 0.0882 e. The molecule has 0 bridgehead atoms. The molecule has 22 heavy (non-hydrogen) atoms. The summed E-state index contributed by atoms with van der Waals surface area (Å²) in [6.45, 7) is 8.87. The highest BCUT2D eigenvalue weighted by Crippen LogP contribution is 2.30. The van der Waals surface area contributed by atoms with Gasteiger partial charge in [0.15, 0.2) is 0 Å². The van der Waals surface area contributed by atoms with Gasteiger partial charge in [0, 0.05) is 19.5 Å². The first-order chi connectivity index (χ1) is 10.6. The van der Waals surface area contributed by atoms with Crippen molar-refractivity contribution < 1.29 is 0 Å². The first kappa shape index (κ1) is 18.2. The SMILES string of the molecule is C=CC(=C\NC)/C(/C=C(C)/C=N\CNC)=C(/C)C1=CCCC1. The van der Waals surface area contributed by atoms with Crippen molar-refractivity contribution in [2.45, 2.75) is 33.1 Å². The topological polar surface area (TPSA) is 36.4 Å². The molecule has 0 aromatic heterocycles. The van der Waals surface area contributed by atoms with Crippen LogP contribution in [0.4, 0.5) is 0 Å². The van der Waals surface area contributed by atoms with E-state index in [4.69, 9.17) is 0 Å². The van der Waals surface area contributed by atoms with E-state index in [1.54, 1.807) is 0 Å². The van der Waals surface area contributed by atoms with Crippen molar-refractivity contribution >= 4 is 6.21 Å². The second kappa shape index (κ2) is 9.96. The maximum atomic E-state index is 4.33. The fraction of sp³-hybridized carbons (Fsp3) is 0.421. The van der Waals surface area contributed by atoms with Gasteiger partial charge in [0.25, 0.3) is 0 Å². The van der Waals surface area contributed by atoms with Crippen molar-refractivity contribution in [3.8, 4) is 0 Å². The van der Waals surface area contributed by atoms with Crippen LogP contribution in [0.5, 0.6) is 0 Å². The molecular weight excluding hydrogens is 270 g/mol. The molecule has 0 saturated carbocycles. The fourth-order valence-electron chi connectivity index (χ4n) is 2.54. The van der Waals surface area contributed by atoms with Crippen LogP contribution < -0.4 is 10.6 Å². The number of hydrogen-bond donors (Lipinski definition) is 2. The average molecular weight is 299 g/mol. The minimum Gasteiger partial charge on any atom is -0.393 e. The van der Waals surface area contributed by atoms with Crippen molar-refractivity contribution in [2.75, 3.05) is 20.8 Å². The molecule has 1 aliphatic rings. The number of hydrogen-bond acceptors (Lipinski definition) is 3. The van der Waals surface area contributed by atoms with Crippen molar-refractivity contribution in [1.29, 1.82) is 0 Å². The molecule has 0 aromatic carbocycles. The largest absolute Gasteiger partial charge is 0.393 e. The third-order valence-corrected chi connectivity index (χ3v) is 3.67. The van der Waals surface area contributed by atoms with E-state index in [-0.39, 0.29) is 0 Å². The molecule has 120 valence electrons. The van der Waals surface area contributed by atoms with Gasteiger partial charge in [-0.1, -0.05) is 18.7 Å². The van der Waals surface area contributed by atoms with Crippen LogP contribution in [0.3, 0.4) is 0 Å². The highest BCUT2D eigenvalue weighted by molar-refractivity contribution is 5.79. The lowest BCUT2D eigenvalue weighted by atomic mass is 9.94. The summed E-state index contributed by atoms with van der Waals surface area (Å²) >= 11 is 0. The molecule has 0 aliphatic heterocycles. The zero-order valence-corrected chi connectivity index (χ0v) is 14.4. The van der Waals surface area contributed by atoms with E-state index in [1.165, 1.54) is 36.0 Å². The van der Waals surface area contributed by atoms with Gasteiger partial charge in [0.2, 0.25) is 0 Å². The molecule has 0 unspecified atom stereocenters. The summed E-state index contributed by atoms with van der Waals surface area (Å²) in [6, 6.07) is 0. The summed E-state index contributed by atoms with van der Waals surface area (Å²) in [6.07, 6.45) is 14.0. The molecule has 0 aromatic rings. The Morgan fingerprint density at radius 3 is 2.68 bits per heavy atom. The Morgan fingerprint density at radius 2 is 2.14 bits per heavy atom. The lowest BCUT2D eigenvalue weighted by Crippen LogP contribution is -2.05. The molecular formula is C19H29N3. The molecule has 0 radical (unpaired) electrons. The van der Waals surface area contributed by atoms with Crippen molar-refractivity contribution in [2.24, 2.45) is 4.99 Å². The summed E-state index contributed by atoms with van der Waals surface area (Å²) in [4.78, 5) is 4.33. The first-order valence-corrected chi connectivity index (χ1v) is 7.87. The Kier molecular flexibility index (Phi) is 8.23. The monoisotopic (exact) mass is 299 g/mol. The summed E-state index contributed by atoms with van der Waals surface area (Å²) in [5.74, 6) is 0. The second-order valence-electron chi connectivity index (χ2n) is 5.46. The van der Waals surface area contributed by atoms with E-state index in [0.29, 0.717) is 6.67 Å². The highest BCUT2D eigenvalue weighted by atomic mass is 15.0. The van der Waals surface area contributed by atoms with E-state index < -0.39 is 0 Å². The summed E-state index contributed by atoms with van der Waals surface area (Å²) in [5.41, 5.74) is 6.24. The molecule has 0 atom stereocenters. The normalized spacial score (nSPS) is 17.5. The molecule has 0 amide bonds. The number of nitrogens with one attached hydrogen (secondary N) is 2. The standard InChI is InChI=1S/C19H29N3/c1-6-17(13-20-4)19(11-15(2)12-22-14-21-5)16(3)18-9-7-8-10-18/h6,9,11-13,20-21H,1,7-8,10,14H2,2-5H3/b15-11+,17-13+,19-16-,22-12-. The van der Waals surface area contributed by atoms with Crippen LogP contribution in [-0.2, 0) is 0 Å². The second-order valence-corrected chi connectivity index (χ2v) is 5.46. The van der Waals surface area contributed by atoms with Gasteiger partial charge in [-0.3, -0.25) is 4.99 Å². The lowest BCUT2D eigenvalue weighted by molar-refractivity contribution is 0.837. The average Bonchev–Trinajstić information content (AvgIpc) is 3.04. The van der Waals surface area contributed by atoms with Gasteiger partial charge in [-0.2, -0.15) is 0 Å². The summed E-state index contributed by atoms with van der Waals surface area (Å²) < 4.78 is 0. The van der Waals surface area contributed by atoms with Crippen LogP contribution >= 0.6 is 0 Å². The summed E-state index contributed by atoms with van der Waals surface area (Å²) in [7, 11) is 3.81. The molecule has 0 heterocycles. The fourth-order valence-corrected chi connectivity index (χ4v) is 2.54. The van der Waals surface area contributed by atoms with Gasteiger partial charge in [0.1, 0.15) is 0 Å². The van der Waals surface area contributed by atoms with Gasteiger partial charge in [-0.15, -0.1) is 0 Å².